The van der Waals surface area contributed by atoms with Crippen molar-refractivity contribution in [2.24, 2.45) is 0 Å². The van der Waals surface area contributed by atoms with E-state index in [1.54, 1.807) is 0 Å². The molecule has 1 unspecified atom stereocenters. The smallest absolute Gasteiger partial charge is 0.425 e. The van der Waals surface area contributed by atoms with E-state index in [9.17, 15) is 17.6 Å². The average molecular weight is 280 g/mol. The van der Waals surface area contributed by atoms with E-state index in [-0.39, 0.29) is 12.1 Å². The fraction of sp³-hybridized carbons (Fsp3) is 0.583. The van der Waals surface area contributed by atoms with Crippen molar-refractivity contribution in [1.29, 1.82) is 0 Å². The topological polar surface area (TPSA) is 34.2 Å². The Kier molecular flexibility index (Phi) is 5.53. The molecule has 1 rings (SSSR count). The van der Waals surface area contributed by atoms with Gasteiger partial charge >= 0.3 is 6.18 Å². The van der Waals surface area contributed by atoms with Crippen molar-refractivity contribution in [3.05, 3.63) is 23.6 Å². The average Bonchev–Trinajstić information content (AvgIpc) is 2.32. The van der Waals surface area contributed by atoms with Gasteiger partial charge in [-0.3, -0.25) is 0 Å². The Morgan fingerprint density at radius 2 is 2.11 bits per heavy atom. The molecule has 0 aromatic carbocycles. The summed E-state index contributed by atoms with van der Waals surface area (Å²) in [6, 6.07) is 1.41. The molecule has 0 spiro atoms. The number of nitrogens with one attached hydrogen (secondary N) is 1. The molecule has 0 aliphatic rings. The standard InChI is InChI=1S/C12H16F4N2O/c1-3-5-17-7-9-4-6-18-11(10(9)13)19-8(2)12(14,15)16/h4,6,8,17H,3,5,7H2,1-2H3. The second-order valence-corrected chi connectivity index (χ2v) is 4.07. The highest BCUT2D eigenvalue weighted by Crippen LogP contribution is 2.26. The molecule has 7 heteroatoms. The van der Waals surface area contributed by atoms with Crippen LogP contribution in [0.1, 0.15) is 25.8 Å². The number of hydrogen-bond donors (Lipinski definition) is 1. The summed E-state index contributed by atoms with van der Waals surface area (Å²) in [4.78, 5) is 3.50. The van der Waals surface area contributed by atoms with E-state index in [0.29, 0.717) is 6.54 Å². The summed E-state index contributed by atoms with van der Waals surface area (Å²) in [6.45, 7) is 3.68. The summed E-state index contributed by atoms with van der Waals surface area (Å²) in [7, 11) is 0. The summed E-state index contributed by atoms with van der Waals surface area (Å²) in [5, 5.41) is 2.96. The van der Waals surface area contributed by atoms with Crippen LogP contribution < -0.4 is 10.1 Å². The minimum atomic E-state index is -4.55. The monoisotopic (exact) mass is 280 g/mol. The van der Waals surface area contributed by atoms with Gasteiger partial charge in [0.15, 0.2) is 11.9 Å². The zero-order chi connectivity index (χ0) is 14.5. The molecule has 108 valence electrons. The van der Waals surface area contributed by atoms with E-state index in [4.69, 9.17) is 0 Å². The first-order valence-electron chi connectivity index (χ1n) is 5.93. The van der Waals surface area contributed by atoms with Crippen LogP contribution in [-0.4, -0.2) is 23.8 Å². The Hall–Kier alpha value is -1.37. The molecule has 0 aliphatic heterocycles. The third-order valence-electron chi connectivity index (χ3n) is 2.43. The molecule has 3 nitrogen and oxygen atoms in total. The molecule has 0 saturated carbocycles. The van der Waals surface area contributed by atoms with E-state index in [0.717, 1.165) is 13.3 Å². The van der Waals surface area contributed by atoms with Gasteiger partial charge in [0.2, 0.25) is 0 Å². The lowest BCUT2D eigenvalue weighted by Crippen LogP contribution is -2.32. The molecule has 0 aliphatic carbocycles. The third-order valence-corrected chi connectivity index (χ3v) is 2.43. The van der Waals surface area contributed by atoms with Crippen molar-refractivity contribution in [2.75, 3.05) is 6.54 Å². The van der Waals surface area contributed by atoms with Gasteiger partial charge in [-0.25, -0.2) is 9.37 Å². The number of halogens is 4. The number of pyridine rings is 1. The lowest BCUT2D eigenvalue weighted by atomic mass is 10.2. The van der Waals surface area contributed by atoms with Crippen LogP contribution in [-0.2, 0) is 6.54 Å². The highest BCUT2D eigenvalue weighted by molar-refractivity contribution is 5.23. The number of ether oxygens (including phenoxy) is 1. The molecule has 1 N–H and O–H groups in total. The minimum Gasteiger partial charge on any atom is -0.463 e. The quantitative estimate of drug-likeness (QED) is 0.642. The second-order valence-electron chi connectivity index (χ2n) is 4.07. The van der Waals surface area contributed by atoms with Gasteiger partial charge in [0, 0.05) is 18.3 Å². The number of aromatic nitrogens is 1. The van der Waals surface area contributed by atoms with E-state index in [2.05, 4.69) is 15.0 Å². The van der Waals surface area contributed by atoms with Crippen molar-refractivity contribution in [2.45, 2.75) is 39.1 Å². The molecule has 0 fully saturated rings. The van der Waals surface area contributed by atoms with Crippen LogP contribution in [0.5, 0.6) is 5.88 Å². The Bertz CT molecular complexity index is 409. The van der Waals surface area contributed by atoms with Gasteiger partial charge in [0.1, 0.15) is 0 Å². The molecule has 0 amide bonds. The van der Waals surface area contributed by atoms with Crippen molar-refractivity contribution in [3.8, 4) is 5.88 Å². The lowest BCUT2D eigenvalue weighted by Gasteiger charge is -2.17. The fourth-order valence-corrected chi connectivity index (χ4v) is 1.31. The number of alkyl halides is 3. The van der Waals surface area contributed by atoms with E-state index < -0.39 is 24.0 Å². The van der Waals surface area contributed by atoms with Gasteiger partial charge < -0.3 is 10.1 Å². The molecule has 19 heavy (non-hydrogen) atoms. The number of nitrogens with zero attached hydrogens (tertiary/aromatic N) is 1. The van der Waals surface area contributed by atoms with Gasteiger partial charge in [-0.05, 0) is 26.0 Å². The molecular weight excluding hydrogens is 264 g/mol. The van der Waals surface area contributed by atoms with Gasteiger partial charge in [-0.15, -0.1) is 0 Å². The Morgan fingerprint density at radius 3 is 2.68 bits per heavy atom. The lowest BCUT2D eigenvalue weighted by molar-refractivity contribution is -0.190. The maximum atomic E-state index is 13.9. The van der Waals surface area contributed by atoms with Gasteiger partial charge in [-0.2, -0.15) is 13.2 Å². The summed E-state index contributed by atoms with van der Waals surface area (Å²) in [5.41, 5.74) is 0.229. The molecule has 1 heterocycles. The van der Waals surface area contributed by atoms with Crippen LogP contribution >= 0.6 is 0 Å². The van der Waals surface area contributed by atoms with Crippen LogP contribution in [0.2, 0.25) is 0 Å². The van der Waals surface area contributed by atoms with Crippen LogP contribution in [0.25, 0.3) is 0 Å². The summed E-state index contributed by atoms with van der Waals surface area (Å²) >= 11 is 0. The highest BCUT2D eigenvalue weighted by Gasteiger charge is 2.38. The van der Waals surface area contributed by atoms with Gasteiger partial charge in [0.25, 0.3) is 5.88 Å². The minimum absolute atomic E-state index is 0.221. The zero-order valence-corrected chi connectivity index (χ0v) is 10.7. The Labute approximate surface area is 109 Å². The van der Waals surface area contributed by atoms with Crippen LogP contribution in [0.3, 0.4) is 0 Å². The first-order chi connectivity index (χ1) is 8.86. The molecule has 1 aromatic heterocycles. The predicted molar refractivity (Wildman–Crippen MR) is 62.3 cm³/mol. The molecule has 1 aromatic rings. The van der Waals surface area contributed by atoms with Crippen LogP contribution in [0.15, 0.2) is 12.3 Å². The molecular formula is C12H16F4N2O. The number of rotatable bonds is 6. The van der Waals surface area contributed by atoms with E-state index in [1.165, 1.54) is 12.3 Å². The summed E-state index contributed by atoms with van der Waals surface area (Å²) in [6.07, 6.45) is -4.55. The van der Waals surface area contributed by atoms with Crippen molar-refractivity contribution < 1.29 is 22.3 Å². The normalized spacial score (nSPS) is 13.4. The van der Waals surface area contributed by atoms with Crippen molar-refractivity contribution >= 4 is 0 Å². The first kappa shape index (κ1) is 15.7. The third kappa shape index (κ3) is 4.66. The molecule has 1 atom stereocenters. The first-order valence-corrected chi connectivity index (χ1v) is 5.93. The van der Waals surface area contributed by atoms with E-state index in [1.807, 2.05) is 6.92 Å². The fourth-order valence-electron chi connectivity index (χ4n) is 1.31. The molecule has 0 radical (unpaired) electrons. The second kappa shape index (κ2) is 6.70. The van der Waals surface area contributed by atoms with Crippen LogP contribution in [0, 0.1) is 5.82 Å². The van der Waals surface area contributed by atoms with Crippen molar-refractivity contribution in [3.63, 3.8) is 0 Å². The van der Waals surface area contributed by atoms with E-state index >= 15 is 0 Å². The molecule has 0 saturated heterocycles. The van der Waals surface area contributed by atoms with Gasteiger partial charge in [-0.1, -0.05) is 6.92 Å². The predicted octanol–water partition coefficient (Wildman–Crippen LogP) is 3.05. The summed E-state index contributed by atoms with van der Waals surface area (Å²) in [5.74, 6) is -1.48. The SMILES string of the molecule is CCCNCc1ccnc(OC(C)C(F)(F)F)c1F. The van der Waals surface area contributed by atoms with Crippen molar-refractivity contribution in [1.82, 2.24) is 10.3 Å². The highest BCUT2D eigenvalue weighted by atomic mass is 19.4. The Balaban J connectivity index is 2.77. The summed E-state index contributed by atoms with van der Waals surface area (Å²) < 4.78 is 55.4. The van der Waals surface area contributed by atoms with Gasteiger partial charge in [0.05, 0.1) is 0 Å². The van der Waals surface area contributed by atoms with Crippen LogP contribution in [0.4, 0.5) is 17.6 Å². The Morgan fingerprint density at radius 1 is 1.42 bits per heavy atom. The molecule has 0 bridgehead atoms. The maximum Gasteiger partial charge on any atom is 0.425 e. The largest absolute Gasteiger partial charge is 0.463 e. The number of hydrogen-bond acceptors (Lipinski definition) is 3. The zero-order valence-electron chi connectivity index (χ0n) is 10.7. The maximum absolute atomic E-state index is 13.9.